The zero-order chi connectivity index (χ0) is 19.4. The molecule has 2 N–H and O–H groups in total. The van der Waals surface area contributed by atoms with E-state index in [2.05, 4.69) is 4.90 Å². The third kappa shape index (κ3) is 3.74. The van der Waals surface area contributed by atoms with Gasteiger partial charge in [-0.3, -0.25) is 9.59 Å². The number of hydrogen-bond acceptors (Lipinski definition) is 6. The summed E-state index contributed by atoms with van der Waals surface area (Å²) in [4.78, 5) is 29.2. The molecular formula is C18H24N4O5. The van der Waals surface area contributed by atoms with Gasteiger partial charge < -0.3 is 29.3 Å². The molecule has 2 aliphatic heterocycles. The Morgan fingerprint density at radius 2 is 2.07 bits per heavy atom. The fourth-order valence-corrected chi connectivity index (χ4v) is 3.74. The second kappa shape index (κ2) is 8.36. The summed E-state index contributed by atoms with van der Waals surface area (Å²) in [6.45, 7) is 2.18. The normalized spacial score (nSPS) is 22.2. The van der Waals surface area contributed by atoms with Crippen LogP contribution in [-0.2, 0) is 20.9 Å². The summed E-state index contributed by atoms with van der Waals surface area (Å²) in [5.74, 6) is 0.969. The number of rotatable bonds is 3. The molecule has 2 aliphatic rings. The van der Waals surface area contributed by atoms with E-state index in [0.717, 1.165) is 17.0 Å². The van der Waals surface area contributed by atoms with Crippen LogP contribution in [0.15, 0.2) is 24.3 Å². The van der Waals surface area contributed by atoms with Crippen LogP contribution in [0.1, 0.15) is 6.42 Å². The average Bonchev–Trinajstić information content (AvgIpc) is 3.21. The van der Waals surface area contributed by atoms with E-state index in [9.17, 15) is 9.90 Å². The number of ether oxygens (including phenoxy) is 1. The van der Waals surface area contributed by atoms with Crippen LogP contribution in [0.3, 0.4) is 0 Å². The van der Waals surface area contributed by atoms with Crippen molar-refractivity contribution < 1.29 is 24.5 Å². The minimum absolute atomic E-state index is 0.00355. The van der Waals surface area contributed by atoms with Crippen molar-refractivity contribution in [3.05, 3.63) is 24.3 Å². The van der Waals surface area contributed by atoms with E-state index in [-0.39, 0.29) is 31.1 Å². The Labute approximate surface area is 156 Å². The van der Waals surface area contributed by atoms with Gasteiger partial charge in [0.25, 0.3) is 6.47 Å². The molecule has 4 rings (SSSR count). The topological polar surface area (TPSA) is 108 Å². The summed E-state index contributed by atoms with van der Waals surface area (Å²) in [7, 11) is 1.86. The minimum Gasteiger partial charge on any atom is -0.483 e. The third-order valence-corrected chi connectivity index (χ3v) is 5.02. The van der Waals surface area contributed by atoms with Crippen molar-refractivity contribution in [3.63, 3.8) is 0 Å². The molecule has 0 aliphatic carbocycles. The molecule has 27 heavy (non-hydrogen) atoms. The molecule has 2 aromatic rings. The molecule has 1 aromatic heterocycles. The lowest BCUT2D eigenvalue weighted by Crippen LogP contribution is -2.42. The average molecular weight is 376 g/mol. The van der Waals surface area contributed by atoms with Crippen LogP contribution in [0, 0.1) is 0 Å². The van der Waals surface area contributed by atoms with Crippen molar-refractivity contribution in [2.45, 2.75) is 25.1 Å². The molecule has 2 atom stereocenters. The third-order valence-electron chi connectivity index (χ3n) is 5.02. The van der Waals surface area contributed by atoms with Crippen LogP contribution < -0.4 is 4.90 Å². The molecular weight excluding hydrogens is 352 g/mol. The van der Waals surface area contributed by atoms with E-state index in [1.807, 2.05) is 40.8 Å². The van der Waals surface area contributed by atoms with Gasteiger partial charge in [0.2, 0.25) is 11.9 Å². The first kappa shape index (κ1) is 19.1. The number of benzene rings is 1. The Balaban J connectivity index is 0.000000659. The van der Waals surface area contributed by atoms with Crippen LogP contribution in [0.5, 0.6) is 0 Å². The van der Waals surface area contributed by atoms with Gasteiger partial charge in [0.15, 0.2) is 0 Å². The summed E-state index contributed by atoms with van der Waals surface area (Å²) in [5, 5.41) is 16.3. The van der Waals surface area contributed by atoms with E-state index in [0.29, 0.717) is 32.7 Å². The number of aromatic nitrogens is 2. The molecule has 3 heterocycles. The quantitative estimate of drug-likeness (QED) is 0.735. The Bertz CT molecular complexity index is 808. The molecule has 1 amide bonds. The highest BCUT2D eigenvalue weighted by atomic mass is 16.5. The van der Waals surface area contributed by atoms with Gasteiger partial charge in [-0.05, 0) is 12.1 Å². The lowest BCUT2D eigenvalue weighted by atomic mass is 10.2. The van der Waals surface area contributed by atoms with Crippen molar-refractivity contribution in [2.24, 2.45) is 0 Å². The molecule has 1 aromatic carbocycles. The monoisotopic (exact) mass is 376 g/mol. The van der Waals surface area contributed by atoms with Gasteiger partial charge >= 0.3 is 0 Å². The molecule has 9 nitrogen and oxygen atoms in total. The number of aliphatic hydroxyl groups excluding tert-OH is 1. The van der Waals surface area contributed by atoms with Crippen LogP contribution >= 0.6 is 0 Å². The fraction of sp³-hybridized carbons (Fsp3) is 0.500. The first-order valence-corrected chi connectivity index (χ1v) is 8.87. The summed E-state index contributed by atoms with van der Waals surface area (Å²) >= 11 is 0. The highest BCUT2D eigenvalue weighted by Crippen LogP contribution is 2.29. The van der Waals surface area contributed by atoms with Gasteiger partial charge in [0.1, 0.15) is 0 Å². The van der Waals surface area contributed by atoms with E-state index in [1.165, 1.54) is 0 Å². The number of anilines is 1. The zero-order valence-electron chi connectivity index (χ0n) is 15.2. The van der Waals surface area contributed by atoms with Gasteiger partial charge in [-0.25, -0.2) is 4.98 Å². The predicted octanol–water partition coefficient (Wildman–Crippen LogP) is 0.165. The van der Waals surface area contributed by atoms with Gasteiger partial charge in [0.05, 0.1) is 42.8 Å². The van der Waals surface area contributed by atoms with Gasteiger partial charge in [0, 0.05) is 26.7 Å². The summed E-state index contributed by atoms with van der Waals surface area (Å²) in [5.41, 5.74) is 1.93. The van der Waals surface area contributed by atoms with Gasteiger partial charge in [-0.15, -0.1) is 0 Å². The maximum absolute atomic E-state index is 12.1. The number of carbonyl (C=O) groups excluding carboxylic acids is 1. The van der Waals surface area contributed by atoms with Crippen molar-refractivity contribution >= 4 is 29.4 Å². The number of carboxylic acid groups (broad SMARTS) is 1. The summed E-state index contributed by atoms with van der Waals surface area (Å²) in [6, 6.07) is 7.98. The van der Waals surface area contributed by atoms with Gasteiger partial charge in [-0.1, -0.05) is 12.1 Å². The Kier molecular flexibility index (Phi) is 5.92. The van der Waals surface area contributed by atoms with Crippen LogP contribution in [0.4, 0.5) is 5.95 Å². The fourth-order valence-electron chi connectivity index (χ4n) is 3.74. The Morgan fingerprint density at radius 3 is 2.81 bits per heavy atom. The molecule has 0 spiro atoms. The minimum atomic E-state index is -0.250. The first-order valence-electron chi connectivity index (χ1n) is 8.87. The number of para-hydroxylation sites is 2. The highest BCUT2D eigenvalue weighted by Gasteiger charge is 2.41. The first-order chi connectivity index (χ1) is 13.1. The van der Waals surface area contributed by atoms with Crippen LogP contribution in [0.25, 0.3) is 11.0 Å². The second-order valence-corrected chi connectivity index (χ2v) is 6.52. The maximum atomic E-state index is 12.1. The lowest BCUT2D eigenvalue weighted by Gasteiger charge is -2.25. The summed E-state index contributed by atoms with van der Waals surface area (Å²) in [6.07, 6.45) is 0.454. The number of carbonyl (C=O) groups is 2. The Morgan fingerprint density at radius 1 is 1.33 bits per heavy atom. The molecule has 2 saturated heterocycles. The standard InChI is InChI=1S/C17H22N4O3.CH2O2/c1-19-14-10-20(11-15(14)24-9-6-16(19)23)17-18-12-4-2-3-5-13(12)21(17)7-8-22;2-1-3/h2-5,14-15,22H,6-11H2,1H3;1H,(H,2,3)/t14-,15-;/m0./s1. The molecule has 0 saturated carbocycles. The van der Waals surface area contributed by atoms with Crippen molar-refractivity contribution in [3.8, 4) is 0 Å². The molecule has 0 radical (unpaired) electrons. The number of imidazole rings is 1. The number of fused-ring (bicyclic) bond motifs is 2. The predicted molar refractivity (Wildman–Crippen MR) is 98.6 cm³/mol. The number of nitrogens with zero attached hydrogens (tertiary/aromatic N) is 4. The van der Waals surface area contributed by atoms with E-state index < -0.39 is 0 Å². The maximum Gasteiger partial charge on any atom is 0.290 e. The Hall–Kier alpha value is -2.65. The van der Waals surface area contributed by atoms with Crippen molar-refractivity contribution in [1.29, 1.82) is 0 Å². The number of amides is 1. The van der Waals surface area contributed by atoms with E-state index in [1.54, 1.807) is 0 Å². The van der Waals surface area contributed by atoms with E-state index in [4.69, 9.17) is 19.6 Å². The number of hydrogen-bond donors (Lipinski definition) is 2. The molecule has 0 bridgehead atoms. The molecule has 146 valence electrons. The van der Waals surface area contributed by atoms with Gasteiger partial charge in [-0.2, -0.15) is 0 Å². The smallest absolute Gasteiger partial charge is 0.290 e. The number of aliphatic hydroxyl groups is 1. The number of likely N-dealkylation sites (N-methyl/N-ethyl adjacent to an activating group) is 1. The van der Waals surface area contributed by atoms with Crippen LogP contribution in [-0.4, -0.2) is 82.5 Å². The molecule has 2 fully saturated rings. The van der Waals surface area contributed by atoms with Crippen molar-refractivity contribution in [2.75, 3.05) is 38.3 Å². The largest absolute Gasteiger partial charge is 0.483 e. The zero-order valence-corrected chi connectivity index (χ0v) is 15.2. The lowest BCUT2D eigenvalue weighted by molar-refractivity contribution is -0.130. The second-order valence-electron chi connectivity index (χ2n) is 6.52. The summed E-state index contributed by atoms with van der Waals surface area (Å²) < 4.78 is 7.95. The van der Waals surface area contributed by atoms with Crippen LogP contribution in [0.2, 0.25) is 0 Å². The molecule has 0 unspecified atom stereocenters. The molecule has 9 heteroatoms. The van der Waals surface area contributed by atoms with Crippen molar-refractivity contribution in [1.82, 2.24) is 14.5 Å². The SMILES string of the molecule is CN1C(=O)CCO[C@H]2CN(c3nc4ccccc4n3CCO)C[C@@H]21.O=CO. The van der Waals surface area contributed by atoms with E-state index >= 15 is 0 Å². The highest BCUT2D eigenvalue weighted by molar-refractivity contribution is 5.79.